The van der Waals surface area contributed by atoms with Gasteiger partial charge in [-0.05, 0) is 31.2 Å². The van der Waals surface area contributed by atoms with Gasteiger partial charge in [-0.2, -0.15) is 0 Å². The smallest absolute Gasteiger partial charge is 0.330 e. The third kappa shape index (κ3) is 2.80. The summed E-state index contributed by atoms with van der Waals surface area (Å²) in [6.07, 6.45) is 1.59. The summed E-state index contributed by atoms with van der Waals surface area (Å²) in [6.45, 7) is 2.87. The molecule has 124 valence electrons. The van der Waals surface area contributed by atoms with Gasteiger partial charge in [-0.25, -0.2) is 9.78 Å². The molecule has 2 aromatic rings. The Morgan fingerprint density at radius 2 is 2.00 bits per heavy atom. The highest BCUT2D eigenvalue weighted by atomic mass is 35.5. The Balaban J connectivity index is 1.89. The number of urea groups is 1. The summed E-state index contributed by atoms with van der Waals surface area (Å²) in [5, 5.41) is 3.16. The van der Waals surface area contributed by atoms with Crippen molar-refractivity contribution < 1.29 is 9.59 Å². The molecular weight excluding hydrogens is 328 g/mol. The van der Waals surface area contributed by atoms with E-state index in [9.17, 15) is 9.59 Å². The summed E-state index contributed by atoms with van der Waals surface area (Å²) in [5.74, 6) is 0.380. The first kappa shape index (κ1) is 16.3. The number of hydrogen-bond donors (Lipinski definition) is 1. The van der Waals surface area contributed by atoms with Crippen molar-refractivity contribution in [2.75, 3.05) is 29.9 Å². The van der Waals surface area contributed by atoms with Crippen LogP contribution in [0.1, 0.15) is 15.9 Å². The highest BCUT2D eigenvalue weighted by Gasteiger charge is 2.32. The molecule has 2 heterocycles. The van der Waals surface area contributed by atoms with Crippen LogP contribution in [-0.4, -0.2) is 37.1 Å². The fraction of sp³-hybridized carbons (Fsp3) is 0.235. The molecule has 1 aliphatic rings. The Bertz CT molecular complexity index is 809. The highest BCUT2D eigenvalue weighted by Crippen LogP contribution is 2.29. The van der Waals surface area contributed by atoms with Gasteiger partial charge in [0.15, 0.2) is 0 Å². The van der Waals surface area contributed by atoms with Crippen molar-refractivity contribution in [1.82, 2.24) is 10.3 Å². The van der Waals surface area contributed by atoms with Crippen molar-refractivity contribution in [1.29, 1.82) is 0 Å². The van der Waals surface area contributed by atoms with Crippen molar-refractivity contribution >= 4 is 35.0 Å². The molecule has 1 saturated heterocycles. The first-order valence-corrected chi connectivity index (χ1v) is 7.93. The summed E-state index contributed by atoms with van der Waals surface area (Å²) in [4.78, 5) is 32.1. The maximum absolute atomic E-state index is 12.8. The first-order valence-electron chi connectivity index (χ1n) is 7.55. The van der Waals surface area contributed by atoms with E-state index < -0.39 is 0 Å². The van der Waals surface area contributed by atoms with E-state index in [1.165, 1.54) is 0 Å². The number of anilines is 2. The molecule has 1 aliphatic heterocycles. The molecule has 0 atom stereocenters. The number of halogens is 1. The number of rotatable bonds is 3. The first-order chi connectivity index (χ1) is 11.5. The standard InChI is InChI=1S/C17H17ClN4O2/c1-11-14(18)6-7-20-15(11)22-9-8-21(17(22)24)13-5-3-4-12(10-13)16(23)19-2/h3-7,10H,8-9H2,1-2H3,(H,19,23). The van der Waals surface area contributed by atoms with E-state index in [2.05, 4.69) is 10.3 Å². The second kappa shape index (κ2) is 6.49. The molecule has 0 spiro atoms. The lowest BCUT2D eigenvalue weighted by atomic mass is 10.2. The molecule has 1 fully saturated rings. The van der Waals surface area contributed by atoms with Crippen LogP contribution in [0.25, 0.3) is 0 Å². The van der Waals surface area contributed by atoms with Crippen molar-refractivity contribution in [3.63, 3.8) is 0 Å². The third-order valence-corrected chi connectivity index (χ3v) is 4.43. The van der Waals surface area contributed by atoms with Crippen LogP contribution in [0.4, 0.5) is 16.3 Å². The minimum Gasteiger partial charge on any atom is -0.355 e. The number of hydrogen-bond acceptors (Lipinski definition) is 3. The van der Waals surface area contributed by atoms with E-state index in [0.29, 0.717) is 35.2 Å². The zero-order chi connectivity index (χ0) is 17.3. The normalized spacial score (nSPS) is 14.2. The second-order valence-corrected chi connectivity index (χ2v) is 5.86. The predicted octanol–water partition coefficient (Wildman–Crippen LogP) is 2.85. The van der Waals surface area contributed by atoms with Crippen LogP contribution >= 0.6 is 11.6 Å². The SMILES string of the molecule is CNC(=O)c1cccc(N2CCN(c3nccc(Cl)c3C)C2=O)c1. The van der Waals surface area contributed by atoms with Crippen molar-refractivity contribution in [2.24, 2.45) is 0 Å². The Labute approximate surface area is 145 Å². The van der Waals surface area contributed by atoms with E-state index in [1.54, 1.807) is 47.3 Å². The van der Waals surface area contributed by atoms with Gasteiger partial charge < -0.3 is 5.32 Å². The molecule has 0 saturated carbocycles. The van der Waals surface area contributed by atoms with Gasteiger partial charge in [0.05, 0.1) is 0 Å². The van der Waals surface area contributed by atoms with Crippen LogP contribution in [0.15, 0.2) is 36.5 Å². The van der Waals surface area contributed by atoms with E-state index in [-0.39, 0.29) is 11.9 Å². The van der Waals surface area contributed by atoms with Crippen molar-refractivity contribution in [3.05, 3.63) is 52.7 Å². The summed E-state index contributed by atoms with van der Waals surface area (Å²) in [7, 11) is 1.57. The van der Waals surface area contributed by atoms with Crippen LogP contribution in [0, 0.1) is 6.92 Å². The monoisotopic (exact) mass is 344 g/mol. The van der Waals surface area contributed by atoms with Crippen molar-refractivity contribution in [3.8, 4) is 0 Å². The molecule has 0 aliphatic carbocycles. The Kier molecular flexibility index (Phi) is 4.40. The van der Waals surface area contributed by atoms with Gasteiger partial charge in [0.25, 0.3) is 5.91 Å². The number of nitrogens with one attached hydrogen (secondary N) is 1. The maximum atomic E-state index is 12.8. The number of carbonyl (C=O) groups is 2. The lowest BCUT2D eigenvalue weighted by Gasteiger charge is -2.20. The van der Waals surface area contributed by atoms with Crippen LogP contribution < -0.4 is 15.1 Å². The van der Waals surface area contributed by atoms with E-state index >= 15 is 0 Å². The average molecular weight is 345 g/mol. The van der Waals surface area contributed by atoms with Gasteiger partial charge in [-0.15, -0.1) is 0 Å². The van der Waals surface area contributed by atoms with E-state index in [4.69, 9.17) is 11.6 Å². The number of carbonyl (C=O) groups excluding carboxylic acids is 2. The van der Waals surface area contributed by atoms with Gasteiger partial charge in [-0.1, -0.05) is 17.7 Å². The molecule has 1 aromatic carbocycles. The highest BCUT2D eigenvalue weighted by molar-refractivity contribution is 6.31. The quantitative estimate of drug-likeness (QED) is 0.931. The van der Waals surface area contributed by atoms with Crippen LogP contribution in [0.5, 0.6) is 0 Å². The Hall–Kier alpha value is -2.60. The van der Waals surface area contributed by atoms with Crippen molar-refractivity contribution in [2.45, 2.75) is 6.92 Å². The lowest BCUT2D eigenvalue weighted by Crippen LogP contribution is -2.32. The number of pyridine rings is 1. The topological polar surface area (TPSA) is 65.5 Å². The van der Waals surface area contributed by atoms with Gasteiger partial charge >= 0.3 is 6.03 Å². The summed E-state index contributed by atoms with van der Waals surface area (Å²) < 4.78 is 0. The molecule has 6 nitrogen and oxygen atoms in total. The fourth-order valence-electron chi connectivity index (χ4n) is 2.71. The Morgan fingerprint density at radius 3 is 2.75 bits per heavy atom. The molecule has 0 unspecified atom stereocenters. The minimum absolute atomic E-state index is 0.179. The molecule has 3 amide bonds. The predicted molar refractivity (Wildman–Crippen MR) is 93.9 cm³/mol. The molecule has 7 heteroatoms. The molecule has 0 radical (unpaired) electrons. The molecule has 0 bridgehead atoms. The maximum Gasteiger partial charge on any atom is 0.330 e. The number of aromatic nitrogens is 1. The largest absolute Gasteiger partial charge is 0.355 e. The average Bonchev–Trinajstić information content (AvgIpc) is 2.98. The summed E-state index contributed by atoms with van der Waals surface area (Å²) in [5.41, 5.74) is 1.97. The van der Waals surface area contributed by atoms with Crippen LogP contribution in [0.2, 0.25) is 5.02 Å². The van der Waals surface area contributed by atoms with Gasteiger partial charge in [-0.3, -0.25) is 14.6 Å². The molecule has 3 rings (SSSR count). The summed E-state index contributed by atoms with van der Waals surface area (Å²) in [6, 6.07) is 8.51. The molecule has 24 heavy (non-hydrogen) atoms. The van der Waals surface area contributed by atoms with Gasteiger partial charge in [0.1, 0.15) is 5.82 Å². The van der Waals surface area contributed by atoms with Crippen LogP contribution in [0.3, 0.4) is 0 Å². The van der Waals surface area contributed by atoms with Gasteiger partial charge in [0.2, 0.25) is 0 Å². The van der Waals surface area contributed by atoms with Crippen LogP contribution in [-0.2, 0) is 0 Å². The number of benzene rings is 1. The third-order valence-electron chi connectivity index (χ3n) is 4.02. The summed E-state index contributed by atoms with van der Waals surface area (Å²) >= 11 is 6.13. The van der Waals surface area contributed by atoms with E-state index in [1.807, 2.05) is 13.0 Å². The zero-order valence-electron chi connectivity index (χ0n) is 13.4. The number of amides is 3. The Morgan fingerprint density at radius 1 is 1.25 bits per heavy atom. The number of nitrogens with zero attached hydrogens (tertiary/aromatic N) is 3. The second-order valence-electron chi connectivity index (χ2n) is 5.46. The zero-order valence-corrected chi connectivity index (χ0v) is 14.2. The molecule has 1 N–H and O–H groups in total. The fourth-order valence-corrected chi connectivity index (χ4v) is 2.85. The minimum atomic E-state index is -0.187. The van der Waals surface area contributed by atoms with Gasteiger partial charge in [0, 0.05) is 48.2 Å². The molecular formula is C17H17ClN4O2. The lowest BCUT2D eigenvalue weighted by molar-refractivity contribution is 0.0963. The van der Waals surface area contributed by atoms with E-state index in [0.717, 1.165) is 5.56 Å². The molecule has 1 aromatic heterocycles.